The van der Waals surface area contributed by atoms with Gasteiger partial charge < -0.3 is 15.8 Å². The molecule has 1 unspecified atom stereocenters. The van der Waals surface area contributed by atoms with E-state index in [1.54, 1.807) is 0 Å². The van der Waals surface area contributed by atoms with Gasteiger partial charge in [0.15, 0.2) is 0 Å². The number of nitrogen functional groups attached to an aromatic ring is 1. The lowest BCUT2D eigenvalue weighted by Crippen LogP contribution is -2.36. The number of amides is 1. The maximum Gasteiger partial charge on any atom is 0.406 e. The Morgan fingerprint density at radius 1 is 1.53 bits per heavy atom. The van der Waals surface area contributed by atoms with Crippen molar-refractivity contribution >= 4 is 11.8 Å². The molecule has 0 saturated carbocycles. The number of ether oxygens (including phenoxy) is 1. The van der Waals surface area contributed by atoms with Gasteiger partial charge in [-0.2, -0.15) is 0 Å². The molecule has 1 aromatic rings. The quantitative estimate of drug-likeness (QED) is 0.772. The largest absolute Gasteiger partial charge is 0.453 e. The van der Waals surface area contributed by atoms with E-state index in [4.69, 9.17) is 5.73 Å². The predicted octanol–water partition coefficient (Wildman–Crippen LogP) is 2.01. The van der Waals surface area contributed by atoms with E-state index in [2.05, 4.69) is 34.9 Å². The van der Waals surface area contributed by atoms with E-state index in [9.17, 15) is 4.79 Å². The van der Waals surface area contributed by atoms with Gasteiger partial charge in [-0.05, 0) is 31.2 Å². The van der Waals surface area contributed by atoms with Crippen LogP contribution >= 0.6 is 0 Å². The van der Waals surface area contributed by atoms with Gasteiger partial charge in [0.05, 0.1) is 7.11 Å². The van der Waals surface area contributed by atoms with Crippen molar-refractivity contribution in [3.63, 3.8) is 0 Å². The highest BCUT2D eigenvalue weighted by Crippen LogP contribution is 2.21. The summed E-state index contributed by atoms with van der Waals surface area (Å²) >= 11 is 0. The summed E-state index contributed by atoms with van der Waals surface area (Å²) in [5, 5.41) is 2.69. The Morgan fingerprint density at radius 3 is 2.84 bits per heavy atom. The van der Waals surface area contributed by atoms with Gasteiger partial charge in [0.1, 0.15) is 0 Å². The minimum atomic E-state index is -0.396. The number of likely N-dealkylation sites (N-methyl/N-ethyl adjacent to an activating group) is 1. The number of nitrogens with zero attached hydrogens (tertiary/aromatic N) is 1. The summed E-state index contributed by atoms with van der Waals surface area (Å²) in [5.41, 5.74) is 7.76. The summed E-state index contributed by atoms with van der Waals surface area (Å²) in [5.74, 6) is 0. The lowest BCUT2D eigenvalue weighted by Gasteiger charge is -2.28. The van der Waals surface area contributed by atoms with Crippen LogP contribution in [0.25, 0.3) is 0 Å². The van der Waals surface area contributed by atoms with Crippen molar-refractivity contribution in [2.45, 2.75) is 19.9 Å². The lowest BCUT2D eigenvalue weighted by molar-refractivity contribution is 0.165. The molecule has 0 radical (unpaired) electrons. The van der Waals surface area contributed by atoms with Crippen molar-refractivity contribution in [3.8, 4) is 0 Å². The van der Waals surface area contributed by atoms with Crippen LogP contribution in [0.2, 0.25) is 0 Å². The summed E-state index contributed by atoms with van der Waals surface area (Å²) in [6.07, 6.45) is -0.396. The fraction of sp³-hybridized carbons (Fsp3) is 0.500. The number of hydrogen-bond acceptors (Lipinski definition) is 4. The van der Waals surface area contributed by atoms with Crippen LogP contribution in [0.3, 0.4) is 0 Å². The molecule has 1 amide bonds. The third kappa shape index (κ3) is 4.79. The molecule has 3 N–H and O–H groups in total. The molecule has 0 saturated heterocycles. The minimum absolute atomic E-state index is 0.257. The molecule has 1 aromatic carbocycles. The van der Waals surface area contributed by atoms with Crippen LogP contribution in [0.15, 0.2) is 24.3 Å². The molecule has 0 aromatic heterocycles. The molecule has 5 nitrogen and oxygen atoms in total. The molecular formula is C14H23N3O2. The minimum Gasteiger partial charge on any atom is -0.453 e. The van der Waals surface area contributed by atoms with Crippen molar-refractivity contribution in [3.05, 3.63) is 29.8 Å². The smallest absolute Gasteiger partial charge is 0.406 e. The molecule has 0 fully saturated rings. The van der Waals surface area contributed by atoms with Gasteiger partial charge in [-0.1, -0.05) is 19.1 Å². The van der Waals surface area contributed by atoms with E-state index in [1.807, 2.05) is 18.2 Å². The Hall–Kier alpha value is -1.75. The zero-order chi connectivity index (χ0) is 14.3. The van der Waals surface area contributed by atoms with Crippen LogP contribution in [0, 0.1) is 0 Å². The first-order valence-electron chi connectivity index (χ1n) is 6.49. The zero-order valence-electron chi connectivity index (χ0n) is 11.8. The van der Waals surface area contributed by atoms with Crippen LogP contribution in [0.5, 0.6) is 0 Å². The number of anilines is 1. The Bertz CT molecular complexity index is 409. The topological polar surface area (TPSA) is 67.6 Å². The first-order valence-corrected chi connectivity index (χ1v) is 6.49. The normalized spacial score (nSPS) is 12.2. The molecule has 1 atom stereocenters. The predicted molar refractivity (Wildman–Crippen MR) is 76.9 cm³/mol. The molecule has 5 heteroatoms. The first-order chi connectivity index (χ1) is 9.08. The molecule has 0 aliphatic carbocycles. The number of methoxy groups -OCH3 is 1. The monoisotopic (exact) mass is 265 g/mol. The Labute approximate surface area is 114 Å². The second-order valence-electron chi connectivity index (χ2n) is 4.39. The summed E-state index contributed by atoms with van der Waals surface area (Å²) in [7, 11) is 1.36. The van der Waals surface area contributed by atoms with E-state index >= 15 is 0 Å². The number of nitrogens with two attached hydrogens (primary N) is 1. The lowest BCUT2D eigenvalue weighted by atomic mass is 10.1. The molecule has 0 heterocycles. The standard InChI is InChI=1S/C14H23N3O2/c1-4-17(9-8-16-14(18)19-3)11(2)12-6-5-7-13(15)10-12/h5-7,10-11H,4,8-9,15H2,1-3H3,(H,16,18). The number of carbonyl (C=O) groups excluding carboxylic acids is 1. The van der Waals surface area contributed by atoms with Crippen molar-refractivity contribution in [1.29, 1.82) is 0 Å². The third-order valence-electron chi connectivity index (χ3n) is 3.20. The number of carbonyl (C=O) groups is 1. The number of benzene rings is 1. The van der Waals surface area contributed by atoms with E-state index in [1.165, 1.54) is 12.7 Å². The van der Waals surface area contributed by atoms with Crippen LogP contribution in [0.1, 0.15) is 25.5 Å². The molecule has 0 aliphatic rings. The van der Waals surface area contributed by atoms with Gasteiger partial charge in [-0.15, -0.1) is 0 Å². The second kappa shape index (κ2) is 7.63. The first kappa shape index (κ1) is 15.3. The Balaban J connectivity index is 2.56. The molecular weight excluding hydrogens is 242 g/mol. The summed E-state index contributed by atoms with van der Waals surface area (Å²) in [4.78, 5) is 13.3. The van der Waals surface area contributed by atoms with Gasteiger partial charge >= 0.3 is 6.09 Å². The fourth-order valence-corrected chi connectivity index (χ4v) is 2.03. The molecule has 106 valence electrons. The van der Waals surface area contributed by atoms with Gasteiger partial charge in [-0.25, -0.2) is 4.79 Å². The van der Waals surface area contributed by atoms with Gasteiger partial charge in [0.25, 0.3) is 0 Å². The van der Waals surface area contributed by atoms with Crippen molar-refractivity contribution in [1.82, 2.24) is 10.2 Å². The highest BCUT2D eigenvalue weighted by molar-refractivity contribution is 5.66. The number of nitrogens with one attached hydrogen (secondary N) is 1. The van der Waals surface area contributed by atoms with Crippen molar-refractivity contribution < 1.29 is 9.53 Å². The fourth-order valence-electron chi connectivity index (χ4n) is 2.03. The second-order valence-corrected chi connectivity index (χ2v) is 4.39. The Kier molecular flexibility index (Phi) is 6.15. The number of rotatable bonds is 6. The van der Waals surface area contributed by atoms with Crippen LogP contribution in [0.4, 0.5) is 10.5 Å². The third-order valence-corrected chi connectivity index (χ3v) is 3.20. The summed E-state index contributed by atoms with van der Waals surface area (Å²) < 4.78 is 4.54. The highest BCUT2D eigenvalue weighted by Gasteiger charge is 2.14. The number of hydrogen-bond donors (Lipinski definition) is 2. The summed E-state index contributed by atoms with van der Waals surface area (Å²) in [6.45, 7) is 6.46. The van der Waals surface area contributed by atoms with Crippen LogP contribution < -0.4 is 11.1 Å². The maximum atomic E-state index is 11.0. The SMILES string of the molecule is CCN(CCNC(=O)OC)C(C)c1cccc(N)c1. The maximum absolute atomic E-state index is 11.0. The van der Waals surface area contributed by atoms with Crippen molar-refractivity contribution in [2.24, 2.45) is 0 Å². The highest BCUT2D eigenvalue weighted by atomic mass is 16.5. The van der Waals surface area contributed by atoms with E-state index in [0.29, 0.717) is 6.54 Å². The zero-order valence-corrected chi connectivity index (χ0v) is 11.8. The summed E-state index contributed by atoms with van der Waals surface area (Å²) in [6, 6.07) is 8.15. The van der Waals surface area contributed by atoms with Gasteiger partial charge in [0, 0.05) is 24.8 Å². The van der Waals surface area contributed by atoms with Crippen molar-refractivity contribution in [2.75, 3.05) is 32.5 Å². The van der Waals surface area contributed by atoms with E-state index in [-0.39, 0.29) is 6.04 Å². The van der Waals surface area contributed by atoms with Gasteiger partial charge in [-0.3, -0.25) is 4.90 Å². The Morgan fingerprint density at radius 2 is 2.26 bits per heavy atom. The average molecular weight is 265 g/mol. The van der Waals surface area contributed by atoms with Gasteiger partial charge in [0.2, 0.25) is 0 Å². The molecule has 1 rings (SSSR count). The molecule has 19 heavy (non-hydrogen) atoms. The molecule has 0 bridgehead atoms. The average Bonchev–Trinajstić information content (AvgIpc) is 2.42. The van der Waals surface area contributed by atoms with E-state index < -0.39 is 6.09 Å². The number of alkyl carbamates (subject to hydrolysis) is 1. The van der Waals surface area contributed by atoms with Crippen LogP contribution in [-0.4, -0.2) is 37.7 Å². The molecule has 0 spiro atoms. The molecule has 0 aliphatic heterocycles. The van der Waals surface area contributed by atoms with E-state index in [0.717, 1.165) is 18.8 Å². The van der Waals surface area contributed by atoms with Crippen LogP contribution in [-0.2, 0) is 4.74 Å².